The van der Waals surface area contributed by atoms with E-state index in [1.807, 2.05) is 31.2 Å². The van der Waals surface area contributed by atoms with Crippen LogP contribution in [0.5, 0.6) is 5.75 Å². The molecule has 23 heavy (non-hydrogen) atoms. The van der Waals surface area contributed by atoms with Crippen molar-refractivity contribution >= 4 is 12.0 Å². The van der Waals surface area contributed by atoms with Crippen LogP contribution in [0.15, 0.2) is 54.6 Å². The van der Waals surface area contributed by atoms with Gasteiger partial charge in [-0.25, -0.2) is 4.79 Å². The Hall–Kier alpha value is -3.06. The molecular weight excluding hydrogens is 290 g/mol. The Labute approximate surface area is 135 Å². The maximum Gasteiger partial charge on any atom is 0.331 e. The van der Waals surface area contributed by atoms with Crippen LogP contribution >= 0.6 is 0 Å². The highest BCUT2D eigenvalue weighted by Crippen LogP contribution is 2.13. The van der Waals surface area contributed by atoms with Gasteiger partial charge in [-0.2, -0.15) is 5.26 Å². The number of hydrogen-bond donors (Lipinski definition) is 0. The van der Waals surface area contributed by atoms with E-state index in [1.165, 1.54) is 6.08 Å². The van der Waals surface area contributed by atoms with Gasteiger partial charge >= 0.3 is 5.97 Å². The molecule has 0 bridgehead atoms. The first kappa shape index (κ1) is 16.3. The minimum atomic E-state index is -0.452. The number of nitriles is 1. The van der Waals surface area contributed by atoms with Crippen LogP contribution in [0.4, 0.5) is 0 Å². The highest BCUT2D eigenvalue weighted by Gasteiger charge is 2.03. The fourth-order valence-electron chi connectivity index (χ4n) is 1.96. The summed E-state index contributed by atoms with van der Waals surface area (Å²) in [7, 11) is 0. The predicted molar refractivity (Wildman–Crippen MR) is 87.6 cm³/mol. The Kier molecular flexibility index (Phi) is 5.96. The van der Waals surface area contributed by atoms with E-state index in [9.17, 15) is 4.79 Å². The van der Waals surface area contributed by atoms with Crippen molar-refractivity contribution in [3.05, 3.63) is 71.3 Å². The van der Waals surface area contributed by atoms with Crippen molar-refractivity contribution in [2.75, 3.05) is 6.61 Å². The second-order valence-corrected chi connectivity index (χ2v) is 4.71. The number of rotatable bonds is 6. The van der Waals surface area contributed by atoms with Crippen LogP contribution in [0.2, 0.25) is 0 Å². The van der Waals surface area contributed by atoms with Crippen molar-refractivity contribution in [3.63, 3.8) is 0 Å². The molecule has 0 amide bonds. The van der Waals surface area contributed by atoms with Crippen LogP contribution < -0.4 is 4.74 Å². The molecule has 0 unspecified atom stereocenters. The third kappa shape index (κ3) is 5.01. The molecule has 0 aromatic heterocycles. The van der Waals surface area contributed by atoms with Crippen LogP contribution in [-0.2, 0) is 16.1 Å². The molecule has 0 heterocycles. The summed E-state index contributed by atoms with van der Waals surface area (Å²) in [6.07, 6.45) is 3.04. The summed E-state index contributed by atoms with van der Waals surface area (Å²) in [6, 6.07) is 16.5. The number of esters is 1. The molecule has 0 saturated heterocycles. The summed E-state index contributed by atoms with van der Waals surface area (Å²) in [6.45, 7) is 2.62. The maximum absolute atomic E-state index is 11.7. The largest absolute Gasteiger partial charge is 0.494 e. The van der Waals surface area contributed by atoms with E-state index < -0.39 is 5.97 Å². The first-order chi connectivity index (χ1) is 11.2. The Bertz CT molecular complexity index is 727. The fraction of sp³-hybridized carbons (Fsp3) is 0.158. The van der Waals surface area contributed by atoms with Crippen molar-refractivity contribution < 1.29 is 14.3 Å². The van der Waals surface area contributed by atoms with Crippen LogP contribution in [0.3, 0.4) is 0 Å². The van der Waals surface area contributed by atoms with Crippen LogP contribution in [0.1, 0.15) is 23.6 Å². The van der Waals surface area contributed by atoms with Gasteiger partial charge in [0.25, 0.3) is 0 Å². The van der Waals surface area contributed by atoms with Gasteiger partial charge < -0.3 is 9.47 Å². The van der Waals surface area contributed by atoms with Gasteiger partial charge in [0, 0.05) is 11.6 Å². The van der Waals surface area contributed by atoms with Crippen LogP contribution in [-0.4, -0.2) is 12.6 Å². The summed E-state index contributed by atoms with van der Waals surface area (Å²) < 4.78 is 10.5. The third-order valence-electron chi connectivity index (χ3n) is 3.11. The minimum Gasteiger partial charge on any atom is -0.494 e. The van der Waals surface area contributed by atoms with Gasteiger partial charge in [0.05, 0.1) is 18.2 Å². The minimum absolute atomic E-state index is 0.0795. The lowest BCUT2D eigenvalue weighted by Gasteiger charge is -2.04. The second kappa shape index (κ2) is 8.40. The number of hydrogen-bond acceptors (Lipinski definition) is 4. The highest BCUT2D eigenvalue weighted by molar-refractivity contribution is 5.87. The molecule has 2 aromatic carbocycles. The average Bonchev–Trinajstić information content (AvgIpc) is 2.60. The standard InChI is InChI=1S/C19H17NO3/c1-2-22-18-10-7-15(8-11-18)9-12-19(21)23-14-17-6-4-3-5-16(17)13-20/h3-12H,2,14H2,1H3/b12-9+. The molecule has 116 valence electrons. The molecule has 0 aliphatic heterocycles. The molecule has 2 rings (SSSR count). The first-order valence-corrected chi connectivity index (χ1v) is 7.28. The fourth-order valence-corrected chi connectivity index (χ4v) is 1.96. The second-order valence-electron chi connectivity index (χ2n) is 4.71. The van der Waals surface area contributed by atoms with Crippen LogP contribution in [0, 0.1) is 11.3 Å². The van der Waals surface area contributed by atoms with Crippen molar-refractivity contribution in [1.82, 2.24) is 0 Å². The molecular formula is C19H17NO3. The van der Waals surface area contributed by atoms with E-state index in [-0.39, 0.29) is 6.61 Å². The number of ether oxygens (including phenoxy) is 2. The van der Waals surface area contributed by atoms with Gasteiger partial charge in [-0.05, 0) is 36.8 Å². The van der Waals surface area contributed by atoms with E-state index in [2.05, 4.69) is 6.07 Å². The zero-order valence-electron chi connectivity index (χ0n) is 12.9. The molecule has 4 nitrogen and oxygen atoms in total. The molecule has 0 aliphatic carbocycles. The number of benzene rings is 2. The predicted octanol–water partition coefficient (Wildman–Crippen LogP) is 3.71. The smallest absolute Gasteiger partial charge is 0.331 e. The molecule has 0 fully saturated rings. The number of carbonyl (C=O) groups excluding carboxylic acids is 1. The average molecular weight is 307 g/mol. The molecule has 2 aromatic rings. The first-order valence-electron chi connectivity index (χ1n) is 7.28. The molecule has 0 saturated carbocycles. The summed E-state index contributed by atoms with van der Waals surface area (Å²) >= 11 is 0. The van der Waals surface area contributed by atoms with E-state index in [0.29, 0.717) is 17.7 Å². The maximum atomic E-state index is 11.7. The summed E-state index contributed by atoms with van der Waals surface area (Å²) in [5, 5.41) is 8.98. The van der Waals surface area contributed by atoms with Gasteiger partial charge in [-0.1, -0.05) is 30.3 Å². The Balaban J connectivity index is 1.90. The Morgan fingerprint density at radius 1 is 1.17 bits per heavy atom. The lowest BCUT2D eigenvalue weighted by molar-refractivity contribution is -0.138. The monoisotopic (exact) mass is 307 g/mol. The number of carbonyl (C=O) groups is 1. The summed E-state index contributed by atoms with van der Waals surface area (Å²) in [5.41, 5.74) is 2.08. The van der Waals surface area contributed by atoms with Crippen molar-refractivity contribution in [3.8, 4) is 11.8 Å². The topological polar surface area (TPSA) is 59.3 Å². The van der Waals surface area contributed by atoms with Crippen molar-refractivity contribution in [2.45, 2.75) is 13.5 Å². The van der Waals surface area contributed by atoms with E-state index >= 15 is 0 Å². The zero-order valence-corrected chi connectivity index (χ0v) is 12.9. The molecule has 0 radical (unpaired) electrons. The molecule has 0 N–H and O–H groups in total. The highest BCUT2D eigenvalue weighted by atomic mass is 16.5. The molecule has 0 atom stereocenters. The van der Waals surface area contributed by atoms with Crippen molar-refractivity contribution in [1.29, 1.82) is 5.26 Å². The Morgan fingerprint density at radius 2 is 1.91 bits per heavy atom. The quantitative estimate of drug-likeness (QED) is 0.603. The normalized spacial score (nSPS) is 10.3. The van der Waals surface area contributed by atoms with Crippen LogP contribution in [0.25, 0.3) is 6.08 Å². The number of nitrogens with zero attached hydrogens (tertiary/aromatic N) is 1. The zero-order chi connectivity index (χ0) is 16.5. The third-order valence-corrected chi connectivity index (χ3v) is 3.11. The van der Waals surface area contributed by atoms with Gasteiger partial charge in [-0.15, -0.1) is 0 Å². The van der Waals surface area contributed by atoms with Gasteiger partial charge in [-0.3, -0.25) is 0 Å². The summed E-state index contributed by atoms with van der Waals surface area (Å²) in [5.74, 6) is 0.340. The van der Waals surface area contributed by atoms with E-state index in [4.69, 9.17) is 14.7 Å². The molecule has 0 aliphatic rings. The Morgan fingerprint density at radius 3 is 2.61 bits per heavy atom. The summed E-state index contributed by atoms with van der Waals surface area (Å²) in [4.78, 5) is 11.7. The molecule has 4 heteroatoms. The van der Waals surface area contributed by atoms with E-state index in [1.54, 1.807) is 30.3 Å². The van der Waals surface area contributed by atoms with Gasteiger partial charge in [0.1, 0.15) is 12.4 Å². The molecule has 0 spiro atoms. The lowest BCUT2D eigenvalue weighted by atomic mass is 10.1. The van der Waals surface area contributed by atoms with Crippen molar-refractivity contribution in [2.24, 2.45) is 0 Å². The SMILES string of the molecule is CCOc1ccc(/C=C/C(=O)OCc2ccccc2C#N)cc1. The van der Waals surface area contributed by atoms with E-state index in [0.717, 1.165) is 11.3 Å². The van der Waals surface area contributed by atoms with Gasteiger partial charge in [0.2, 0.25) is 0 Å². The van der Waals surface area contributed by atoms with Gasteiger partial charge in [0.15, 0.2) is 0 Å². The lowest BCUT2D eigenvalue weighted by Crippen LogP contribution is -2.02.